The summed E-state index contributed by atoms with van der Waals surface area (Å²) in [5, 5.41) is 3.74. The van der Waals surface area contributed by atoms with E-state index in [0.29, 0.717) is 6.04 Å². The third-order valence-electron chi connectivity index (χ3n) is 4.45. The largest absolute Gasteiger partial charge is 0.382 e. The Hall–Kier alpha value is -0.190. The Labute approximate surface area is 134 Å². The number of ether oxygens (including phenoxy) is 1. The summed E-state index contributed by atoms with van der Waals surface area (Å²) in [5.74, 6) is 2.51. The highest BCUT2D eigenvalue weighted by Gasteiger charge is 2.38. The van der Waals surface area contributed by atoms with E-state index in [-0.39, 0.29) is 5.60 Å². The quantitative estimate of drug-likeness (QED) is 0.836. The molecule has 2 heterocycles. The van der Waals surface area contributed by atoms with E-state index in [9.17, 15) is 0 Å². The molecule has 0 aliphatic carbocycles. The van der Waals surface area contributed by atoms with E-state index in [0.717, 1.165) is 23.9 Å². The fourth-order valence-corrected chi connectivity index (χ4v) is 4.96. The number of anilines is 1. The lowest BCUT2D eigenvalue weighted by Gasteiger charge is -2.43. The molecule has 2 aliphatic rings. The Morgan fingerprint density at radius 1 is 1.35 bits per heavy atom. The van der Waals surface area contributed by atoms with Crippen molar-refractivity contribution in [1.29, 1.82) is 0 Å². The van der Waals surface area contributed by atoms with Crippen LogP contribution in [0.15, 0.2) is 22.7 Å². The molecule has 0 bridgehead atoms. The molecule has 1 unspecified atom stereocenters. The molecule has 1 spiro atoms. The lowest BCUT2D eigenvalue weighted by Crippen LogP contribution is -2.46. The number of aryl methyl sites for hydroxylation is 1. The highest BCUT2D eigenvalue weighted by atomic mass is 79.9. The van der Waals surface area contributed by atoms with Crippen LogP contribution in [0.3, 0.4) is 0 Å². The van der Waals surface area contributed by atoms with Gasteiger partial charge in [-0.05, 0) is 67.9 Å². The van der Waals surface area contributed by atoms with Gasteiger partial charge in [0.2, 0.25) is 0 Å². The van der Waals surface area contributed by atoms with Crippen LogP contribution < -0.4 is 5.32 Å². The van der Waals surface area contributed by atoms with Gasteiger partial charge in [-0.1, -0.05) is 15.9 Å². The van der Waals surface area contributed by atoms with Crippen LogP contribution in [0.4, 0.5) is 5.69 Å². The van der Waals surface area contributed by atoms with Crippen molar-refractivity contribution >= 4 is 33.4 Å². The Kier molecular flexibility index (Phi) is 4.63. The van der Waals surface area contributed by atoms with Crippen LogP contribution in [0.5, 0.6) is 0 Å². The number of hydrogen-bond donors (Lipinski definition) is 1. The maximum atomic E-state index is 6.16. The monoisotopic (exact) mass is 355 g/mol. The van der Waals surface area contributed by atoms with Crippen molar-refractivity contribution in [3.05, 3.63) is 28.2 Å². The van der Waals surface area contributed by atoms with Gasteiger partial charge in [-0.25, -0.2) is 0 Å². The van der Waals surface area contributed by atoms with Gasteiger partial charge in [0, 0.05) is 22.8 Å². The zero-order valence-electron chi connectivity index (χ0n) is 12.0. The molecule has 3 rings (SSSR count). The number of nitrogens with one attached hydrogen (secondary N) is 1. The molecule has 0 saturated carbocycles. The lowest BCUT2D eigenvalue weighted by molar-refractivity contribution is -0.0865. The minimum atomic E-state index is 0.157. The maximum absolute atomic E-state index is 6.16. The highest BCUT2D eigenvalue weighted by Crippen LogP contribution is 2.38. The summed E-state index contributed by atoms with van der Waals surface area (Å²) < 4.78 is 7.31. The molecule has 1 atom stereocenters. The molecule has 4 heteroatoms. The molecule has 2 saturated heterocycles. The van der Waals surface area contributed by atoms with Gasteiger partial charge in [0.05, 0.1) is 5.60 Å². The van der Waals surface area contributed by atoms with Gasteiger partial charge in [-0.2, -0.15) is 11.8 Å². The Morgan fingerprint density at radius 2 is 2.15 bits per heavy atom. The van der Waals surface area contributed by atoms with Gasteiger partial charge in [-0.15, -0.1) is 0 Å². The van der Waals surface area contributed by atoms with Crippen LogP contribution in [0.2, 0.25) is 0 Å². The molecule has 1 aromatic carbocycles. The third-order valence-corrected chi connectivity index (χ3v) is 5.92. The van der Waals surface area contributed by atoms with Gasteiger partial charge in [0.25, 0.3) is 0 Å². The zero-order valence-corrected chi connectivity index (χ0v) is 14.4. The molecule has 1 N–H and O–H groups in total. The number of benzene rings is 1. The van der Waals surface area contributed by atoms with Gasteiger partial charge >= 0.3 is 0 Å². The van der Waals surface area contributed by atoms with Crippen molar-refractivity contribution in [3.63, 3.8) is 0 Å². The summed E-state index contributed by atoms with van der Waals surface area (Å²) in [6.07, 6.45) is 4.71. The molecule has 110 valence electrons. The van der Waals surface area contributed by atoms with Crippen LogP contribution in [0.1, 0.15) is 31.2 Å². The van der Waals surface area contributed by atoms with Crippen LogP contribution >= 0.6 is 27.7 Å². The Morgan fingerprint density at radius 3 is 2.90 bits per heavy atom. The van der Waals surface area contributed by atoms with E-state index in [1.807, 2.05) is 0 Å². The van der Waals surface area contributed by atoms with Crippen LogP contribution in [-0.4, -0.2) is 29.8 Å². The lowest BCUT2D eigenvalue weighted by atomic mass is 9.85. The number of thioether (sulfide) groups is 1. The van der Waals surface area contributed by atoms with E-state index in [1.54, 1.807) is 0 Å². The topological polar surface area (TPSA) is 21.3 Å². The van der Waals surface area contributed by atoms with Crippen molar-refractivity contribution in [2.45, 2.75) is 44.2 Å². The molecule has 2 fully saturated rings. The minimum Gasteiger partial charge on any atom is -0.382 e. The van der Waals surface area contributed by atoms with E-state index in [4.69, 9.17) is 4.74 Å². The molecular weight excluding hydrogens is 334 g/mol. The van der Waals surface area contributed by atoms with E-state index in [1.165, 1.54) is 35.6 Å². The second kappa shape index (κ2) is 6.29. The van der Waals surface area contributed by atoms with Gasteiger partial charge in [0.1, 0.15) is 0 Å². The molecule has 2 nitrogen and oxygen atoms in total. The molecule has 2 aliphatic heterocycles. The van der Waals surface area contributed by atoms with E-state index < -0.39 is 0 Å². The number of hydrogen-bond acceptors (Lipinski definition) is 3. The molecular formula is C16H22BrNOS. The van der Waals surface area contributed by atoms with Crippen LogP contribution in [0.25, 0.3) is 0 Å². The maximum Gasteiger partial charge on any atom is 0.0717 e. The average molecular weight is 356 g/mol. The standard InChI is InChI=1S/C16H22BrNOS/c1-12-10-13(17)2-3-15(12)18-14-4-7-19-16(11-14)5-8-20-9-6-16/h2-3,10,14,18H,4-9,11H2,1H3. The average Bonchev–Trinajstić information content (AvgIpc) is 2.43. The molecule has 0 aromatic heterocycles. The normalized spacial score (nSPS) is 25.6. The summed E-state index contributed by atoms with van der Waals surface area (Å²) in [5.41, 5.74) is 2.73. The zero-order chi connectivity index (χ0) is 14.0. The highest BCUT2D eigenvalue weighted by molar-refractivity contribution is 9.10. The smallest absolute Gasteiger partial charge is 0.0717 e. The van der Waals surface area contributed by atoms with Gasteiger partial charge < -0.3 is 10.1 Å². The summed E-state index contributed by atoms with van der Waals surface area (Å²) in [6, 6.07) is 7.01. The molecule has 0 radical (unpaired) electrons. The first-order valence-corrected chi connectivity index (χ1v) is 9.36. The Bertz CT molecular complexity index is 468. The first-order valence-electron chi connectivity index (χ1n) is 7.41. The summed E-state index contributed by atoms with van der Waals surface area (Å²) in [4.78, 5) is 0. The SMILES string of the molecule is Cc1cc(Br)ccc1NC1CCOC2(CCSCC2)C1. The second-order valence-corrected chi connectivity index (χ2v) is 8.08. The van der Waals surface area contributed by atoms with Gasteiger partial charge in [-0.3, -0.25) is 0 Å². The Balaban J connectivity index is 1.68. The van der Waals surface area contributed by atoms with Crippen molar-refractivity contribution < 1.29 is 4.74 Å². The molecule has 20 heavy (non-hydrogen) atoms. The first kappa shape index (κ1) is 14.7. The first-order chi connectivity index (χ1) is 9.67. The third kappa shape index (κ3) is 3.34. The second-order valence-electron chi connectivity index (χ2n) is 5.94. The number of rotatable bonds is 2. The minimum absolute atomic E-state index is 0.157. The van der Waals surface area contributed by atoms with Gasteiger partial charge in [0.15, 0.2) is 0 Å². The van der Waals surface area contributed by atoms with E-state index in [2.05, 4.69) is 58.1 Å². The summed E-state index contributed by atoms with van der Waals surface area (Å²) in [7, 11) is 0. The summed E-state index contributed by atoms with van der Waals surface area (Å²) >= 11 is 5.59. The summed E-state index contributed by atoms with van der Waals surface area (Å²) in [6.45, 7) is 3.07. The van der Waals surface area contributed by atoms with Crippen LogP contribution in [0, 0.1) is 6.92 Å². The predicted molar refractivity (Wildman–Crippen MR) is 90.8 cm³/mol. The molecule has 1 aromatic rings. The fourth-order valence-electron chi connectivity index (χ4n) is 3.25. The van der Waals surface area contributed by atoms with Crippen molar-refractivity contribution in [1.82, 2.24) is 0 Å². The van der Waals surface area contributed by atoms with Crippen molar-refractivity contribution in [2.24, 2.45) is 0 Å². The van der Waals surface area contributed by atoms with Crippen molar-refractivity contribution in [2.75, 3.05) is 23.4 Å². The van der Waals surface area contributed by atoms with E-state index >= 15 is 0 Å². The predicted octanol–water partition coefficient (Wildman–Crippen LogP) is 4.61. The fraction of sp³-hybridized carbons (Fsp3) is 0.625. The van der Waals surface area contributed by atoms with Crippen LogP contribution in [-0.2, 0) is 4.74 Å². The van der Waals surface area contributed by atoms with Crippen molar-refractivity contribution in [3.8, 4) is 0 Å². The number of halogens is 1. The molecule has 0 amide bonds.